The zero-order chi connectivity index (χ0) is 14.3. The first-order chi connectivity index (χ1) is 8.27. The van der Waals surface area contributed by atoms with Gasteiger partial charge in [-0.15, -0.1) is 0 Å². The summed E-state index contributed by atoms with van der Waals surface area (Å²) in [7, 11) is 0. The molecule has 10 nitrogen and oxygen atoms in total. The number of carboxylic acids is 2. The van der Waals surface area contributed by atoms with Crippen LogP contribution in [-0.2, 0) is 9.59 Å². The second-order valence-corrected chi connectivity index (χ2v) is 2.90. The number of carbonyl (C=O) groups is 3. The molecule has 0 spiro atoms. The Hall–Kier alpha value is -2.46. The Morgan fingerprint density at radius 2 is 1.61 bits per heavy atom. The van der Waals surface area contributed by atoms with E-state index >= 15 is 0 Å². The molecule has 0 radical (unpaired) electrons. The van der Waals surface area contributed by atoms with Crippen LogP contribution in [0.5, 0.6) is 0 Å². The van der Waals surface area contributed by atoms with E-state index in [1.54, 1.807) is 0 Å². The average molecular weight is 261 g/mol. The van der Waals surface area contributed by atoms with Gasteiger partial charge in [-0.05, 0) is 0 Å². The minimum Gasteiger partial charge on any atom is -0.479 e. The topological polar surface area (TPSA) is 187 Å². The Balaban J connectivity index is 0.000000327. The minimum absolute atomic E-state index is 0.338. The van der Waals surface area contributed by atoms with E-state index in [1.807, 2.05) is 0 Å². The summed E-state index contributed by atoms with van der Waals surface area (Å²) in [5, 5.41) is 32.5. The number of aliphatic hydroxyl groups excluding tert-OH is 2. The fourth-order valence-corrected chi connectivity index (χ4v) is 0.661. The smallest absolute Gasteiger partial charge is 0.335 e. The molecular formula is C8H11N3O7. The van der Waals surface area contributed by atoms with Gasteiger partial charge in [-0.3, -0.25) is 4.79 Å². The molecule has 1 aromatic rings. The molecule has 0 saturated carbocycles. The van der Waals surface area contributed by atoms with Gasteiger partial charge in [0.15, 0.2) is 12.2 Å². The number of nitrogens with two attached hydrogens (primary N) is 1. The zero-order valence-electron chi connectivity index (χ0n) is 8.85. The number of H-pyrrole nitrogens is 1. The third kappa shape index (κ3) is 5.05. The number of rotatable bonds is 4. The van der Waals surface area contributed by atoms with E-state index in [4.69, 9.17) is 26.2 Å². The number of carbonyl (C=O) groups excluding carboxylic acids is 1. The van der Waals surface area contributed by atoms with Crippen molar-refractivity contribution >= 4 is 17.8 Å². The van der Waals surface area contributed by atoms with Crippen LogP contribution in [0.4, 0.5) is 0 Å². The largest absolute Gasteiger partial charge is 0.479 e. The lowest BCUT2D eigenvalue weighted by Crippen LogP contribution is -2.39. The highest BCUT2D eigenvalue weighted by molar-refractivity contribution is 5.90. The van der Waals surface area contributed by atoms with Gasteiger partial charge >= 0.3 is 11.9 Å². The Bertz CT molecular complexity index is 398. The molecule has 1 amide bonds. The number of aliphatic hydroxyl groups is 2. The third-order valence-electron chi connectivity index (χ3n) is 1.57. The number of primary amides is 1. The highest BCUT2D eigenvalue weighted by Gasteiger charge is 2.29. The van der Waals surface area contributed by atoms with Gasteiger partial charge in [0.2, 0.25) is 0 Å². The summed E-state index contributed by atoms with van der Waals surface area (Å²) in [6.45, 7) is 0. The summed E-state index contributed by atoms with van der Waals surface area (Å²) in [6, 6.07) is 0. The van der Waals surface area contributed by atoms with Crippen LogP contribution in [0.1, 0.15) is 10.5 Å². The Labute approximate surface area is 99.7 Å². The van der Waals surface area contributed by atoms with Gasteiger partial charge in [0.05, 0.1) is 12.5 Å². The normalized spacial score (nSPS) is 12.8. The number of aromatic nitrogens is 2. The second-order valence-electron chi connectivity index (χ2n) is 2.90. The number of carboxylic acid groups (broad SMARTS) is 2. The Morgan fingerprint density at radius 3 is 1.78 bits per heavy atom. The van der Waals surface area contributed by atoms with Gasteiger partial charge in [-0.25, -0.2) is 14.6 Å². The monoisotopic (exact) mass is 261 g/mol. The highest BCUT2D eigenvalue weighted by atomic mass is 16.4. The highest BCUT2D eigenvalue weighted by Crippen LogP contribution is 1.92. The molecule has 0 aliphatic rings. The van der Waals surface area contributed by atoms with E-state index in [0.717, 1.165) is 0 Å². The van der Waals surface area contributed by atoms with Gasteiger partial charge in [0.1, 0.15) is 5.69 Å². The standard InChI is InChI=1S/C4H5N3O.C4H6O6/c5-4(8)3-1-6-2-7-3;5-1(3(7)8)2(6)4(9)10/h1-2H,(H2,5,8)(H,6,7);1-2,5-6H,(H,7,8)(H,9,10). The van der Waals surface area contributed by atoms with Crippen LogP contribution in [0.25, 0.3) is 0 Å². The van der Waals surface area contributed by atoms with Gasteiger partial charge < -0.3 is 31.1 Å². The summed E-state index contributed by atoms with van der Waals surface area (Å²) >= 11 is 0. The lowest BCUT2D eigenvalue weighted by molar-refractivity contribution is -0.165. The summed E-state index contributed by atoms with van der Waals surface area (Å²) < 4.78 is 0. The van der Waals surface area contributed by atoms with Crippen molar-refractivity contribution in [1.29, 1.82) is 0 Å². The van der Waals surface area contributed by atoms with Crippen LogP contribution in [0.3, 0.4) is 0 Å². The van der Waals surface area contributed by atoms with Crippen molar-refractivity contribution in [2.24, 2.45) is 5.73 Å². The molecule has 0 aliphatic carbocycles. The molecule has 2 unspecified atom stereocenters. The molecule has 0 saturated heterocycles. The maximum Gasteiger partial charge on any atom is 0.335 e. The second kappa shape index (κ2) is 6.98. The molecule has 0 fully saturated rings. The SMILES string of the molecule is NC(=O)c1cnc[nH]1.O=C(O)C(O)C(O)C(=O)O. The van der Waals surface area contributed by atoms with E-state index < -0.39 is 30.1 Å². The molecule has 1 rings (SSSR count). The Kier molecular flexibility index (Phi) is 6.03. The molecule has 100 valence electrons. The van der Waals surface area contributed by atoms with Crippen molar-refractivity contribution in [2.75, 3.05) is 0 Å². The van der Waals surface area contributed by atoms with Crippen molar-refractivity contribution in [3.8, 4) is 0 Å². The van der Waals surface area contributed by atoms with Crippen molar-refractivity contribution < 1.29 is 34.8 Å². The molecule has 10 heteroatoms. The van der Waals surface area contributed by atoms with Crippen molar-refractivity contribution in [3.63, 3.8) is 0 Å². The van der Waals surface area contributed by atoms with Crippen LogP contribution in [-0.4, -0.2) is 60.4 Å². The molecule has 7 N–H and O–H groups in total. The maximum atomic E-state index is 10.2. The zero-order valence-corrected chi connectivity index (χ0v) is 8.85. The van der Waals surface area contributed by atoms with E-state index in [0.29, 0.717) is 5.69 Å². The van der Waals surface area contributed by atoms with Crippen LogP contribution in [0.2, 0.25) is 0 Å². The number of hydrogen-bond donors (Lipinski definition) is 6. The van der Waals surface area contributed by atoms with E-state index in [9.17, 15) is 14.4 Å². The number of hydrogen-bond acceptors (Lipinski definition) is 6. The molecule has 1 heterocycles. The maximum absolute atomic E-state index is 10.2. The van der Waals surface area contributed by atoms with Crippen LogP contribution >= 0.6 is 0 Å². The number of aliphatic carboxylic acids is 2. The molecule has 1 aromatic heterocycles. The van der Waals surface area contributed by atoms with Gasteiger partial charge in [-0.2, -0.15) is 0 Å². The van der Waals surface area contributed by atoms with Crippen molar-refractivity contribution in [3.05, 3.63) is 18.2 Å². The van der Waals surface area contributed by atoms with Crippen LogP contribution < -0.4 is 5.73 Å². The molecule has 0 bridgehead atoms. The first-order valence-corrected chi connectivity index (χ1v) is 4.37. The summed E-state index contributed by atoms with van der Waals surface area (Å²) in [4.78, 5) is 35.9. The van der Waals surface area contributed by atoms with Crippen LogP contribution in [0, 0.1) is 0 Å². The van der Waals surface area contributed by atoms with E-state index in [2.05, 4.69) is 9.97 Å². The predicted octanol–water partition coefficient (Wildman–Crippen LogP) is -2.61. The minimum atomic E-state index is -2.27. The van der Waals surface area contributed by atoms with E-state index in [-0.39, 0.29) is 0 Å². The van der Waals surface area contributed by atoms with Gasteiger partial charge in [-0.1, -0.05) is 0 Å². The number of amides is 1. The first-order valence-electron chi connectivity index (χ1n) is 4.37. The van der Waals surface area contributed by atoms with Gasteiger partial charge in [0, 0.05) is 0 Å². The quantitative estimate of drug-likeness (QED) is 0.340. The Morgan fingerprint density at radius 1 is 1.17 bits per heavy atom. The number of nitrogens with zero attached hydrogens (tertiary/aromatic N) is 1. The molecule has 0 aromatic carbocycles. The molecular weight excluding hydrogens is 250 g/mol. The van der Waals surface area contributed by atoms with E-state index in [1.165, 1.54) is 12.5 Å². The fraction of sp³-hybridized carbons (Fsp3) is 0.250. The van der Waals surface area contributed by atoms with Gasteiger partial charge in [0.25, 0.3) is 5.91 Å². The number of nitrogens with one attached hydrogen (secondary N) is 1. The molecule has 18 heavy (non-hydrogen) atoms. The fourth-order valence-electron chi connectivity index (χ4n) is 0.661. The van der Waals surface area contributed by atoms with Crippen LogP contribution in [0.15, 0.2) is 12.5 Å². The van der Waals surface area contributed by atoms with Crippen molar-refractivity contribution in [1.82, 2.24) is 9.97 Å². The first kappa shape index (κ1) is 15.5. The summed E-state index contributed by atoms with van der Waals surface area (Å²) in [5.74, 6) is -4.02. The molecule has 2 atom stereocenters. The average Bonchev–Trinajstić information content (AvgIpc) is 2.81. The lowest BCUT2D eigenvalue weighted by Gasteiger charge is -2.07. The molecule has 0 aliphatic heterocycles. The summed E-state index contributed by atoms with van der Waals surface area (Å²) in [6.07, 6.45) is -1.75. The lowest BCUT2D eigenvalue weighted by atomic mass is 10.2. The number of imidazole rings is 1. The summed E-state index contributed by atoms with van der Waals surface area (Å²) in [5.41, 5.74) is 5.19. The predicted molar refractivity (Wildman–Crippen MR) is 54.4 cm³/mol. The third-order valence-corrected chi connectivity index (χ3v) is 1.57. The van der Waals surface area contributed by atoms with Crippen molar-refractivity contribution in [2.45, 2.75) is 12.2 Å². The number of aromatic amines is 1.